The molecule has 0 saturated carbocycles. The predicted octanol–water partition coefficient (Wildman–Crippen LogP) is 16.4. The highest BCUT2D eigenvalue weighted by Crippen LogP contribution is 2.45. The van der Waals surface area contributed by atoms with Crippen molar-refractivity contribution in [3.05, 3.63) is 255 Å². The van der Waals surface area contributed by atoms with Crippen LogP contribution in [0.4, 0.5) is 34.1 Å². The van der Waals surface area contributed by atoms with Crippen LogP contribution < -0.4 is 9.80 Å². The average molecular weight is 767 g/mol. The third-order valence-corrected chi connectivity index (χ3v) is 11.3. The summed E-state index contributed by atoms with van der Waals surface area (Å²) in [7, 11) is 0. The van der Waals surface area contributed by atoms with E-state index in [1.165, 1.54) is 49.9 Å². The molecule has 0 radical (unpaired) electrons. The zero-order chi connectivity index (χ0) is 40.1. The maximum Gasteiger partial charge on any atom is 0.0560 e. The standard InChI is InChI=1S/C58H42N2/c1-5-15-43(16-6-1)47-25-33-52(34-26-47)59(53-35-27-48(28-36-53)44-17-7-2-8-18-44)56-41-51-23-13-14-24-57(51)58(42-56)60(54-37-29-49(30-38-54)45-19-9-3-10-20-45)55-39-31-50(32-40-55)46-21-11-4-12-22-46/h1-42H. The Morgan fingerprint density at radius 3 is 0.833 bits per heavy atom. The fourth-order valence-electron chi connectivity index (χ4n) is 8.20. The van der Waals surface area contributed by atoms with Crippen molar-refractivity contribution in [2.75, 3.05) is 9.80 Å². The van der Waals surface area contributed by atoms with Crippen molar-refractivity contribution in [3.8, 4) is 44.5 Å². The van der Waals surface area contributed by atoms with E-state index in [0.717, 1.165) is 39.5 Å². The molecule has 0 heterocycles. The van der Waals surface area contributed by atoms with E-state index >= 15 is 0 Å². The van der Waals surface area contributed by atoms with E-state index < -0.39 is 0 Å². The van der Waals surface area contributed by atoms with Gasteiger partial charge in [0.15, 0.2) is 0 Å². The number of hydrogen-bond acceptors (Lipinski definition) is 2. The van der Waals surface area contributed by atoms with Crippen LogP contribution in [-0.4, -0.2) is 0 Å². The molecular weight excluding hydrogens is 725 g/mol. The van der Waals surface area contributed by atoms with Gasteiger partial charge in [-0.2, -0.15) is 0 Å². The second-order valence-corrected chi connectivity index (χ2v) is 15.0. The summed E-state index contributed by atoms with van der Waals surface area (Å²) in [5.74, 6) is 0. The molecule has 60 heavy (non-hydrogen) atoms. The number of rotatable bonds is 10. The average Bonchev–Trinajstić information content (AvgIpc) is 3.34. The minimum Gasteiger partial charge on any atom is -0.310 e. The molecule has 0 aromatic heterocycles. The fourth-order valence-corrected chi connectivity index (χ4v) is 8.20. The molecule has 0 amide bonds. The molecule has 284 valence electrons. The van der Waals surface area contributed by atoms with Gasteiger partial charge in [0.2, 0.25) is 0 Å². The van der Waals surface area contributed by atoms with Crippen LogP contribution in [0.3, 0.4) is 0 Å². The van der Waals surface area contributed by atoms with Crippen molar-refractivity contribution in [1.29, 1.82) is 0 Å². The summed E-state index contributed by atoms with van der Waals surface area (Å²) < 4.78 is 0. The Morgan fingerprint density at radius 2 is 0.483 bits per heavy atom. The molecule has 0 unspecified atom stereocenters. The first-order valence-electron chi connectivity index (χ1n) is 20.5. The SMILES string of the molecule is c1ccc(-c2ccc(N(c3ccc(-c4ccccc4)cc3)c3cc(N(c4ccc(-c5ccccc5)cc4)c4ccc(-c5ccccc5)cc4)c4ccccc4c3)cc2)cc1. The van der Waals surface area contributed by atoms with Gasteiger partial charge in [0.1, 0.15) is 0 Å². The molecule has 0 bridgehead atoms. The molecular formula is C58H42N2. The summed E-state index contributed by atoms with van der Waals surface area (Å²) in [4.78, 5) is 4.79. The summed E-state index contributed by atoms with van der Waals surface area (Å²) in [6.07, 6.45) is 0. The molecule has 2 nitrogen and oxygen atoms in total. The second kappa shape index (κ2) is 16.5. The number of nitrogens with zero attached hydrogens (tertiary/aromatic N) is 2. The largest absolute Gasteiger partial charge is 0.310 e. The van der Waals surface area contributed by atoms with Gasteiger partial charge in [0.25, 0.3) is 0 Å². The van der Waals surface area contributed by atoms with Crippen molar-refractivity contribution in [2.24, 2.45) is 0 Å². The topological polar surface area (TPSA) is 6.48 Å². The molecule has 0 atom stereocenters. The van der Waals surface area contributed by atoms with E-state index in [1.807, 2.05) is 0 Å². The second-order valence-electron chi connectivity index (χ2n) is 15.0. The molecule has 10 rings (SSSR count). The van der Waals surface area contributed by atoms with E-state index in [2.05, 4.69) is 265 Å². The first kappa shape index (κ1) is 36.4. The van der Waals surface area contributed by atoms with Crippen LogP contribution >= 0.6 is 0 Å². The van der Waals surface area contributed by atoms with Gasteiger partial charge in [-0.15, -0.1) is 0 Å². The zero-order valence-corrected chi connectivity index (χ0v) is 33.1. The Bertz CT molecular complexity index is 2800. The Kier molecular flexibility index (Phi) is 10.0. The van der Waals surface area contributed by atoms with E-state index in [4.69, 9.17) is 0 Å². The molecule has 0 fully saturated rings. The lowest BCUT2D eigenvalue weighted by molar-refractivity contribution is 1.26. The highest BCUT2D eigenvalue weighted by molar-refractivity contribution is 6.03. The highest BCUT2D eigenvalue weighted by Gasteiger charge is 2.21. The first-order chi connectivity index (χ1) is 29.7. The van der Waals surface area contributed by atoms with Gasteiger partial charge in [0, 0.05) is 33.8 Å². The van der Waals surface area contributed by atoms with E-state index in [1.54, 1.807) is 0 Å². The van der Waals surface area contributed by atoms with Crippen LogP contribution in [0.5, 0.6) is 0 Å². The van der Waals surface area contributed by atoms with Crippen molar-refractivity contribution in [3.63, 3.8) is 0 Å². The molecule has 0 N–H and O–H groups in total. The zero-order valence-electron chi connectivity index (χ0n) is 33.1. The third kappa shape index (κ3) is 7.46. The van der Waals surface area contributed by atoms with Crippen LogP contribution in [0.25, 0.3) is 55.3 Å². The van der Waals surface area contributed by atoms with Crippen LogP contribution in [0.1, 0.15) is 0 Å². The summed E-state index contributed by atoms with van der Waals surface area (Å²) in [6.45, 7) is 0. The lowest BCUT2D eigenvalue weighted by Gasteiger charge is -2.31. The number of hydrogen-bond donors (Lipinski definition) is 0. The van der Waals surface area contributed by atoms with Crippen molar-refractivity contribution >= 4 is 44.9 Å². The lowest BCUT2D eigenvalue weighted by Crippen LogP contribution is -2.14. The summed E-state index contributed by atoms with van der Waals surface area (Å²) in [6, 6.07) is 91.6. The van der Waals surface area contributed by atoms with Gasteiger partial charge in [-0.05, 0) is 111 Å². The molecule has 10 aromatic rings. The van der Waals surface area contributed by atoms with Gasteiger partial charge in [-0.1, -0.05) is 194 Å². The van der Waals surface area contributed by atoms with Gasteiger partial charge in [0.05, 0.1) is 5.69 Å². The van der Waals surface area contributed by atoms with E-state index in [0.29, 0.717) is 0 Å². The molecule has 0 spiro atoms. The quantitative estimate of drug-likeness (QED) is 0.137. The Hall–Kier alpha value is -7.94. The first-order valence-corrected chi connectivity index (χ1v) is 20.5. The monoisotopic (exact) mass is 766 g/mol. The molecule has 10 aromatic carbocycles. The smallest absolute Gasteiger partial charge is 0.0560 e. The Morgan fingerprint density at radius 1 is 0.200 bits per heavy atom. The van der Waals surface area contributed by atoms with Gasteiger partial charge in [-0.25, -0.2) is 0 Å². The number of fused-ring (bicyclic) bond motifs is 1. The molecule has 2 heteroatoms. The van der Waals surface area contributed by atoms with Crippen LogP contribution in [-0.2, 0) is 0 Å². The minimum absolute atomic E-state index is 1.07. The van der Waals surface area contributed by atoms with Gasteiger partial charge in [-0.3, -0.25) is 0 Å². The van der Waals surface area contributed by atoms with Crippen molar-refractivity contribution < 1.29 is 0 Å². The number of anilines is 6. The summed E-state index contributed by atoms with van der Waals surface area (Å²) >= 11 is 0. The number of benzene rings is 10. The molecule has 0 aliphatic heterocycles. The minimum atomic E-state index is 1.07. The van der Waals surface area contributed by atoms with E-state index in [9.17, 15) is 0 Å². The van der Waals surface area contributed by atoms with Crippen LogP contribution in [0, 0.1) is 0 Å². The highest BCUT2D eigenvalue weighted by atomic mass is 15.2. The van der Waals surface area contributed by atoms with Gasteiger partial charge >= 0.3 is 0 Å². The fraction of sp³-hybridized carbons (Fsp3) is 0. The molecule has 0 aliphatic carbocycles. The van der Waals surface area contributed by atoms with E-state index in [-0.39, 0.29) is 0 Å². The maximum absolute atomic E-state index is 2.41. The third-order valence-electron chi connectivity index (χ3n) is 11.3. The maximum atomic E-state index is 2.41. The summed E-state index contributed by atoms with van der Waals surface area (Å²) in [5.41, 5.74) is 16.0. The van der Waals surface area contributed by atoms with Crippen LogP contribution in [0.15, 0.2) is 255 Å². The Balaban J connectivity index is 1.15. The lowest BCUT2D eigenvalue weighted by atomic mass is 10.0. The van der Waals surface area contributed by atoms with Crippen molar-refractivity contribution in [2.45, 2.75) is 0 Å². The molecule has 0 aliphatic rings. The predicted molar refractivity (Wildman–Crippen MR) is 255 cm³/mol. The van der Waals surface area contributed by atoms with Crippen molar-refractivity contribution in [1.82, 2.24) is 0 Å². The van der Waals surface area contributed by atoms with Crippen LogP contribution in [0.2, 0.25) is 0 Å². The molecule has 0 saturated heterocycles. The summed E-state index contributed by atoms with van der Waals surface area (Å²) in [5, 5.41) is 2.32. The normalized spacial score (nSPS) is 11.0. The Labute approximate surface area is 352 Å². The van der Waals surface area contributed by atoms with Gasteiger partial charge < -0.3 is 9.80 Å².